The monoisotopic (exact) mass is 284 g/mol. The minimum absolute atomic E-state index is 0.0784. The molecule has 1 aliphatic heterocycles. The quantitative estimate of drug-likeness (QED) is 0.907. The van der Waals surface area contributed by atoms with Crippen molar-refractivity contribution in [3.63, 3.8) is 0 Å². The molecule has 1 aromatic rings. The summed E-state index contributed by atoms with van der Waals surface area (Å²) in [4.78, 5) is 14.0. The zero-order chi connectivity index (χ0) is 14.0. The molecule has 1 heterocycles. The summed E-state index contributed by atoms with van der Waals surface area (Å²) in [5.74, 6) is -0.0582. The predicted octanol–water partition coefficient (Wildman–Crippen LogP) is 2.54. The first-order valence-electron chi connectivity index (χ1n) is 6.47. The molecule has 0 aromatic heterocycles. The molecular formula is C14H18ClFN2O. The highest BCUT2D eigenvalue weighted by Gasteiger charge is 2.29. The normalized spacial score (nSPS) is 23.5. The van der Waals surface area contributed by atoms with Gasteiger partial charge >= 0.3 is 0 Å². The number of likely N-dealkylation sites (tertiary alicyclic amines) is 1. The van der Waals surface area contributed by atoms with Crippen LogP contribution in [0.3, 0.4) is 0 Å². The van der Waals surface area contributed by atoms with Crippen LogP contribution in [0.25, 0.3) is 0 Å². The van der Waals surface area contributed by atoms with Gasteiger partial charge in [0, 0.05) is 18.1 Å². The van der Waals surface area contributed by atoms with Gasteiger partial charge in [0.1, 0.15) is 5.82 Å². The molecule has 2 atom stereocenters. The van der Waals surface area contributed by atoms with Crippen LogP contribution in [0.4, 0.5) is 4.39 Å². The maximum absolute atomic E-state index is 13.8. The number of piperidine rings is 1. The first-order chi connectivity index (χ1) is 9.02. The van der Waals surface area contributed by atoms with Gasteiger partial charge in [-0.3, -0.25) is 4.79 Å². The number of carbonyl (C=O) groups is 1. The van der Waals surface area contributed by atoms with Crippen LogP contribution >= 0.6 is 11.6 Å². The van der Waals surface area contributed by atoms with Gasteiger partial charge in [-0.15, -0.1) is 0 Å². The molecule has 1 fully saturated rings. The Hall–Kier alpha value is -1.13. The Morgan fingerprint density at radius 2 is 2.32 bits per heavy atom. The zero-order valence-corrected chi connectivity index (χ0v) is 11.7. The molecule has 5 heteroatoms. The number of amides is 1. The van der Waals surface area contributed by atoms with Crippen LogP contribution in [0, 0.1) is 17.7 Å². The molecule has 1 aliphatic rings. The summed E-state index contributed by atoms with van der Waals surface area (Å²) in [7, 11) is 0. The Morgan fingerprint density at radius 1 is 1.58 bits per heavy atom. The standard InChI is InChI=1S/C14H18ClFN2O/c1-9-4-5-18(8-10(9)7-17)14(19)12-3-2-11(15)6-13(12)16/h2-3,6,9-10H,4-5,7-8,17H2,1H3. The summed E-state index contributed by atoms with van der Waals surface area (Å²) < 4.78 is 13.8. The van der Waals surface area contributed by atoms with Crippen molar-refractivity contribution in [2.75, 3.05) is 19.6 Å². The second-order valence-electron chi connectivity index (χ2n) is 5.14. The van der Waals surface area contributed by atoms with Crippen LogP contribution in [0.2, 0.25) is 5.02 Å². The number of nitrogens with two attached hydrogens (primary N) is 1. The van der Waals surface area contributed by atoms with Gasteiger partial charge in [0.15, 0.2) is 0 Å². The number of hydrogen-bond acceptors (Lipinski definition) is 2. The topological polar surface area (TPSA) is 46.3 Å². The summed E-state index contributed by atoms with van der Waals surface area (Å²) in [6, 6.07) is 4.14. The lowest BCUT2D eigenvalue weighted by Gasteiger charge is -2.36. The van der Waals surface area contributed by atoms with E-state index >= 15 is 0 Å². The molecule has 19 heavy (non-hydrogen) atoms. The van der Waals surface area contributed by atoms with Gasteiger partial charge in [-0.05, 0) is 43.0 Å². The first-order valence-corrected chi connectivity index (χ1v) is 6.85. The van der Waals surface area contributed by atoms with Crippen molar-refractivity contribution in [1.82, 2.24) is 4.90 Å². The Bertz CT molecular complexity index is 481. The fourth-order valence-corrected chi connectivity index (χ4v) is 2.63. The van der Waals surface area contributed by atoms with Gasteiger partial charge in [0.25, 0.3) is 5.91 Å². The Balaban J connectivity index is 2.15. The summed E-state index contributed by atoms with van der Waals surface area (Å²) in [5.41, 5.74) is 5.79. The van der Waals surface area contributed by atoms with Crippen LogP contribution in [0.1, 0.15) is 23.7 Å². The fourth-order valence-electron chi connectivity index (χ4n) is 2.47. The van der Waals surface area contributed by atoms with E-state index in [0.29, 0.717) is 30.6 Å². The molecule has 2 N–H and O–H groups in total. The van der Waals surface area contributed by atoms with E-state index < -0.39 is 5.82 Å². The highest BCUT2D eigenvalue weighted by Crippen LogP contribution is 2.24. The maximum atomic E-state index is 13.8. The largest absolute Gasteiger partial charge is 0.338 e. The van der Waals surface area contributed by atoms with E-state index in [2.05, 4.69) is 6.92 Å². The number of rotatable bonds is 2. The SMILES string of the molecule is CC1CCN(C(=O)c2ccc(Cl)cc2F)CC1CN. The van der Waals surface area contributed by atoms with E-state index in [1.807, 2.05) is 0 Å². The summed E-state index contributed by atoms with van der Waals surface area (Å²) in [5, 5.41) is 0.293. The van der Waals surface area contributed by atoms with Crippen molar-refractivity contribution in [3.8, 4) is 0 Å². The molecule has 0 bridgehead atoms. The Labute approximate surface area is 117 Å². The average Bonchev–Trinajstić information content (AvgIpc) is 2.38. The van der Waals surface area contributed by atoms with Crippen molar-refractivity contribution in [2.24, 2.45) is 17.6 Å². The van der Waals surface area contributed by atoms with Crippen LogP contribution in [0.5, 0.6) is 0 Å². The molecular weight excluding hydrogens is 267 g/mol. The third-order valence-corrected chi connectivity index (χ3v) is 4.10. The molecule has 1 aromatic carbocycles. The number of hydrogen-bond donors (Lipinski definition) is 1. The fraction of sp³-hybridized carbons (Fsp3) is 0.500. The van der Waals surface area contributed by atoms with Crippen LogP contribution in [-0.4, -0.2) is 30.4 Å². The molecule has 2 unspecified atom stereocenters. The predicted molar refractivity (Wildman–Crippen MR) is 73.6 cm³/mol. The number of carbonyl (C=O) groups excluding carboxylic acids is 1. The van der Waals surface area contributed by atoms with Gasteiger partial charge < -0.3 is 10.6 Å². The van der Waals surface area contributed by atoms with Crippen LogP contribution in [-0.2, 0) is 0 Å². The van der Waals surface area contributed by atoms with Crippen molar-refractivity contribution in [1.29, 1.82) is 0 Å². The van der Waals surface area contributed by atoms with Gasteiger partial charge in [-0.1, -0.05) is 18.5 Å². The molecule has 0 aliphatic carbocycles. The van der Waals surface area contributed by atoms with Crippen LogP contribution in [0.15, 0.2) is 18.2 Å². The van der Waals surface area contributed by atoms with Gasteiger partial charge in [-0.25, -0.2) is 4.39 Å². The molecule has 3 nitrogen and oxygen atoms in total. The molecule has 0 saturated carbocycles. The summed E-state index contributed by atoms with van der Waals surface area (Å²) >= 11 is 5.69. The van der Waals surface area contributed by atoms with Crippen molar-refractivity contribution >= 4 is 17.5 Å². The first kappa shape index (κ1) is 14.3. The highest BCUT2D eigenvalue weighted by molar-refractivity contribution is 6.30. The van der Waals surface area contributed by atoms with E-state index in [-0.39, 0.29) is 17.4 Å². The lowest BCUT2D eigenvalue weighted by atomic mass is 9.87. The smallest absolute Gasteiger partial charge is 0.256 e. The molecule has 2 rings (SSSR count). The lowest BCUT2D eigenvalue weighted by molar-refractivity contribution is 0.0614. The Kier molecular flexibility index (Phi) is 4.42. The minimum Gasteiger partial charge on any atom is -0.338 e. The second kappa shape index (κ2) is 5.88. The second-order valence-corrected chi connectivity index (χ2v) is 5.57. The van der Waals surface area contributed by atoms with E-state index in [4.69, 9.17) is 17.3 Å². The van der Waals surface area contributed by atoms with E-state index in [1.165, 1.54) is 18.2 Å². The highest BCUT2D eigenvalue weighted by atomic mass is 35.5. The van der Waals surface area contributed by atoms with Gasteiger partial charge in [0.05, 0.1) is 5.56 Å². The van der Waals surface area contributed by atoms with Crippen molar-refractivity contribution in [3.05, 3.63) is 34.6 Å². The molecule has 104 valence electrons. The van der Waals surface area contributed by atoms with Gasteiger partial charge in [-0.2, -0.15) is 0 Å². The zero-order valence-electron chi connectivity index (χ0n) is 10.9. The number of benzene rings is 1. The van der Waals surface area contributed by atoms with Crippen molar-refractivity contribution < 1.29 is 9.18 Å². The van der Waals surface area contributed by atoms with Gasteiger partial charge in [0.2, 0.25) is 0 Å². The maximum Gasteiger partial charge on any atom is 0.256 e. The van der Waals surface area contributed by atoms with E-state index in [9.17, 15) is 9.18 Å². The molecule has 1 amide bonds. The molecule has 0 spiro atoms. The summed E-state index contributed by atoms with van der Waals surface area (Å²) in [6.45, 7) is 3.94. The molecule has 1 saturated heterocycles. The lowest BCUT2D eigenvalue weighted by Crippen LogP contribution is -2.45. The van der Waals surface area contributed by atoms with E-state index in [0.717, 1.165) is 6.42 Å². The minimum atomic E-state index is -0.569. The van der Waals surface area contributed by atoms with Crippen LogP contribution < -0.4 is 5.73 Å². The molecule has 0 radical (unpaired) electrons. The number of nitrogens with zero attached hydrogens (tertiary/aromatic N) is 1. The van der Waals surface area contributed by atoms with E-state index in [1.54, 1.807) is 4.90 Å². The Morgan fingerprint density at radius 3 is 2.95 bits per heavy atom. The third-order valence-electron chi connectivity index (χ3n) is 3.87. The summed E-state index contributed by atoms with van der Waals surface area (Å²) in [6.07, 6.45) is 0.906. The van der Waals surface area contributed by atoms with Crippen molar-refractivity contribution in [2.45, 2.75) is 13.3 Å². The average molecular weight is 285 g/mol. The number of halogens is 2. The third kappa shape index (κ3) is 3.07.